The van der Waals surface area contributed by atoms with Gasteiger partial charge in [0.2, 0.25) is 5.91 Å². The summed E-state index contributed by atoms with van der Waals surface area (Å²) in [5.41, 5.74) is 0.502. The number of likely N-dealkylation sites (tertiary alicyclic amines) is 1. The van der Waals surface area contributed by atoms with Gasteiger partial charge in [-0.3, -0.25) is 9.59 Å². The van der Waals surface area contributed by atoms with Gasteiger partial charge in [0, 0.05) is 32.4 Å². The van der Waals surface area contributed by atoms with E-state index in [4.69, 9.17) is 0 Å². The molecule has 126 valence electrons. The van der Waals surface area contributed by atoms with Crippen LogP contribution >= 0.6 is 0 Å². The van der Waals surface area contributed by atoms with Crippen LogP contribution in [0.2, 0.25) is 0 Å². The van der Waals surface area contributed by atoms with Crippen molar-refractivity contribution in [2.24, 2.45) is 13.0 Å². The first-order chi connectivity index (χ1) is 11.5. The summed E-state index contributed by atoms with van der Waals surface area (Å²) in [7, 11) is 1.76. The SMILES string of the molecule is Cn1ccnc1[C@@H]1[C@@H](C(=O)O)CC(=O)N1CCc1ccccc1F. The van der Waals surface area contributed by atoms with Crippen LogP contribution in [0.1, 0.15) is 23.9 Å². The molecule has 0 unspecified atom stereocenters. The van der Waals surface area contributed by atoms with Crippen molar-refractivity contribution in [3.05, 3.63) is 53.9 Å². The predicted molar refractivity (Wildman–Crippen MR) is 83.5 cm³/mol. The fraction of sp³-hybridized carbons (Fsp3) is 0.353. The second-order valence-corrected chi connectivity index (χ2v) is 5.92. The maximum absolute atomic E-state index is 13.8. The summed E-state index contributed by atoms with van der Waals surface area (Å²) < 4.78 is 15.5. The maximum atomic E-state index is 13.8. The molecule has 0 saturated carbocycles. The monoisotopic (exact) mass is 331 g/mol. The number of aliphatic carboxylic acids is 1. The fourth-order valence-electron chi connectivity index (χ4n) is 3.20. The molecule has 6 nitrogen and oxygen atoms in total. The number of aromatic nitrogens is 2. The van der Waals surface area contributed by atoms with Gasteiger partial charge in [-0.1, -0.05) is 18.2 Å². The predicted octanol–water partition coefficient (Wildman–Crippen LogP) is 1.78. The van der Waals surface area contributed by atoms with E-state index in [9.17, 15) is 19.1 Å². The standard InChI is InChI=1S/C17H18FN3O3/c1-20-9-7-19-16(20)15-12(17(23)24)10-14(22)21(15)8-6-11-4-2-3-5-13(11)18/h2-5,7,9,12,15H,6,8,10H2,1H3,(H,23,24)/t12-,15-/m0/s1. The van der Waals surface area contributed by atoms with Crippen molar-refractivity contribution >= 4 is 11.9 Å². The first kappa shape index (κ1) is 16.2. The molecule has 2 atom stereocenters. The maximum Gasteiger partial charge on any atom is 0.309 e. The molecular formula is C17H18FN3O3. The normalized spacial score (nSPS) is 20.6. The molecule has 1 aliphatic heterocycles. The number of nitrogens with zero attached hydrogens (tertiary/aromatic N) is 3. The molecule has 7 heteroatoms. The first-order valence-electron chi connectivity index (χ1n) is 7.72. The van der Waals surface area contributed by atoms with E-state index in [0.29, 0.717) is 17.8 Å². The Morgan fingerprint density at radius 2 is 2.17 bits per heavy atom. The van der Waals surface area contributed by atoms with Crippen LogP contribution in [0.25, 0.3) is 0 Å². The van der Waals surface area contributed by atoms with E-state index in [0.717, 1.165) is 0 Å². The van der Waals surface area contributed by atoms with Gasteiger partial charge in [-0.05, 0) is 18.1 Å². The van der Waals surface area contributed by atoms with E-state index < -0.39 is 17.9 Å². The lowest BCUT2D eigenvalue weighted by Crippen LogP contribution is -2.34. The van der Waals surface area contributed by atoms with Crippen LogP contribution in [-0.2, 0) is 23.1 Å². The molecule has 24 heavy (non-hydrogen) atoms. The molecule has 2 aromatic rings. The third-order valence-corrected chi connectivity index (χ3v) is 4.45. The van der Waals surface area contributed by atoms with E-state index in [2.05, 4.69) is 4.98 Å². The molecule has 1 N–H and O–H groups in total. The number of carboxylic acid groups (broad SMARTS) is 1. The third-order valence-electron chi connectivity index (χ3n) is 4.45. The number of carboxylic acids is 1. The van der Waals surface area contributed by atoms with E-state index in [1.807, 2.05) is 0 Å². The number of carbonyl (C=O) groups excluding carboxylic acids is 1. The lowest BCUT2D eigenvalue weighted by molar-refractivity contribution is -0.142. The summed E-state index contributed by atoms with van der Waals surface area (Å²) in [6.45, 7) is 0.251. The van der Waals surface area contributed by atoms with Crippen molar-refractivity contribution in [1.29, 1.82) is 0 Å². The number of hydrogen-bond donors (Lipinski definition) is 1. The summed E-state index contributed by atoms with van der Waals surface area (Å²) in [6, 6.07) is 5.75. The largest absolute Gasteiger partial charge is 0.481 e. The lowest BCUT2D eigenvalue weighted by atomic mass is 9.99. The highest BCUT2D eigenvalue weighted by Crippen LogP contribution is 2.37. The van der Waals surface area contributed by atoms with Crippen molar-refractivity contribution in [2.75, 3.05) is 6.54 Å². The van der Waals surface area contributed by atoms with Gasteiger partial charge < -0.3 is 14.6 Å². The van der Waals surface area contributed by atoms with Gasteiger partial charge in [-0.15, -0.1) is 0 Å². The van der Waals surface area contributed by atoms with Crippen LogP contribution in [0, 0.1) is 11.7 Å². The van der Waals surface area contributed by atoms with E-state index in [1.165, 1.54) is 11.0 Å². The van der Waals surface area contributed by atoms with Crippen LogP contribution in [-0.4, -0.2) is 38.0 Å². The number of aryl methyl sites for hydroxylation is 1. The Morgan fingerprint density at radius 1 is 1.42 bits per heavy atom. The average Bonchev–Trinajstić information content (AvgIpc) is 3.10. The molecule has 0 spiro atoms. The van der Waals surface area contributed by atoms with E-state index in [1.54, 1.807) is 42.2 Å². The zero-order chi connectivity index (χ0) is 17.3. The molecule has 1 aromatic heterocycles. The second-order valence-electron chi connectivity index (χ2n) is 5.92. The first-order valence-corrected chi connectivity index (χ1v) is 7.72. The summed E-state index contributed by atoms with van der Waals surface area (Å²) in [4.78, 5) is 29.6. The van der Waals surface area contributed by atoms with Crippen LogP contribution < -0.4 is 0 Å². The highest BCUT2D eigenvalue weighted by molar-refractivity contribution is 5.87. The van der Waals surface area contributed by atoms with Gasteiger partial charge in [0.15, 0.2) is 0 Å². The van der Waals surface area contributed by atoms with Gasteiger partial charge in [-0.2, -0.15) is 0 Å². The Labute approximate surface area is 138 Å². The molecule has 1 aliphatic rings. The highest BCUT2D eigenvalue weighted by atomic mass is 19.1. The van der Waals surface area contributed by atoms with Crippen LogP contribution in [0.5, 0.6) is 0 Å². The number of benzene rings is 1. The molecule has 3 rings (SSSR count). The number of imidazole rings is 1. The lowest BCUT2D eigenvalue weighted by Gasteiger charge is -2.26. The number of halogens is 1. The minimum absolute atomic E-state index is 0.0653. The summed E-state index contributed by atoms with van der Waals surface area (Å²) in [6.07, 6.45) is 3.55. The molecule has 0 radical (unpaired) electrons. The Bertz CT molecular complexity index is 774. The summed E-state index contributed by atoms with van der Waals surface area (Å²) in [5.74, 6) is -1.91. The van der Waals surface area contributed by atoms with E-state index in [-0.39, 0.29) is 24.7 Å². The van der Waals surface area contributed by atoms with Gasteiger partial charge in [0.25, 0.3) is 0 Å². The van der Waals surface area contributed by atoms with Crippen molar-refractivity contribution in [3.63, 3.8) is 0 Å². The molecule has 1 aromatic carbocycles. The van der Waals surface area contributed by atoms with Gasteiger partial charge >= 0.3 is 5.97 Å². The highest BCUT2D eigenvalue weighted by Gasteiger charge is 2.46. The summed E-state index contributed by atoms with van der Waals surface area (Å²) in [5, 5.41) is 9.46. The molecule has 1 amide bonds. The van der Waals surface area contributed by atoms with Gasteiger partial charge in [-0.25, -0.2) is 9.37 Å². The Morgan fingerprint density at radius 3 is 2.79 bits per heavy atom. The van der Waals surface area contributed by atoms with Crippen LogP contribution in [0.3, 0.4) is 0 Å². The Hall–Kier alpha value is -2.70. The number of amides is 1. The van der Waals surface area contributed by atoms with Gasteiger partial charge in [0.1, 0.15) is 17.7 Å². The van der Waals surface area contributed by atoms with Gasteiger partial charge in [0.05, 0.1) is 5.92 Å². The Balaban J connectivity index is 1.86. The topological polar surface area (TPSA) is 75.4 Å². The minimum Gasteiger partial charge on any atom is -0.481 e. The van der Waals surface area contributed by atoms with Crippen LogP contribution in [0.15, 0.2) is 36.7 Å². The zero-order valence-electron chi connectivity index (χ0n) is 13.2. The molecule has 1 fully saturated rings. The zero-order valence-corrected chi connectivity index (χ0v) is 13.2. The number of carbonyl (C=O) groups is 2. The minimum atomic E-state index is -1.02. The second kappa shape index (κ2) is 6.43. The van der Waals surface area contributed by atoms with Crippen molar-refractivity contribution in [3.8, 4) is 0 Å². The van der Waals surface area contributed by atoms with Crippen LogP contribution in [0.4, 0.5) is 4.39 Å². The molecular weight excluding hydrogens is 313 g/mol. The van der Waals surface area contributed by atoms with Crippen molar-refractivity contribution in [1.82, 2.24) is 14.5 Å². The number of hydrogen-bond acceptors (Lipinski definition) is 3. The summed E-state index contributed by atoms with van der Waals surface area (Å²) >= 11 is 0. The average molecular weight is 331 g/mol. The van der Waals surface area contributed by atoms with Crippen molar-refractivity contribution in [2.45, 2.75) is 18.9 Å². The van der Waals surface area contributed by atoms with Crippen molar-refractivity contribution < 1.29 is 19.1 Å². The quantitative estimate of drug-likeness (QED) is 0.906. The fourth-order valence-corrected chi connectivity index (χ4v) is 3.20. The molecule has 1 saturated heterocycles. The molecule has 2 heterocycles. The Kier molecular flexibility index (Phi) is 4.33. The smallest absolute Gasteiger partial charge is 0.309 e. The number of rotatable bonds is 5. The third kappa shape index (κ3) is 2.89. The molecule has 0 aliphatic carbocycles. The van der Waals surface area contributed by atoms with E-state index >= 15 is 0 Å². The molecule has 0 bridgehead atoms.